The van der Waals surface area contributed by atoms with Crippen LogP contribution >= 0.6 is 0 Å². The number of hydrogen-bond donors (Lipinski definition) is 0. The highest BCUT2D eigenvalue weighted by atomic mass is 19.4. The van der Waals surface area contributed by atoms with Gasteiger partial charge < -0.3 is 0 Å². The van der Waals surface area contributed by atoms with Gasteiger partial charge in [0, 0.05) is 21.9 Å². The summed E-state index contributed by atoms with van der Waals surface area (Å²) >= 11 is 0. The summed E-state index contributed by atoms with van der Waals surface area (Å²) in [6, 6.07) is 3.82. The van der Waals surface area contributed by atoms with Gasteiger partial charge in [-0.15, -0.1) is 0 Å². The van der Waals surface area contributed by atoms with Gasteiger partial charge in [-0.25, -0.2) is 9.97 Å². The average Bonchev–Trinajstić information content (AvgIpc) is 2.78. The topological polar surface area (TPSA) is 42.9 Å². The van der Waals surface area contributed by atoms with Crippen molar-refractivity contribution in [3.8, 4) is 0 Å². The highest BCUT2D eigenvalue weighted by Gasteiger charge is 2.40. The quantitative estimate of drug-likeness (QED) is 0.185. The van der Waals surface area contributed by atoms with Crippen LogP contribution in [0.4, 0.5) is 52.7 Å². The van der Waals surface area contributed by atoms with Crippen molar-refractivity contribution in [2.75, 3.05) is 0 Å². The molecule has 200 valence electrons. The molecule has 2 aromatic carbocycles. The molecule has 0 N–H and O–H groups in total. The van der Waals surface area contributed by atoms with E-state index in [-0.39, 0.29) is 12.1 Å². The van der Waals surface area contributed by atoms with Gasteiger partial charge >= 0.3 is 24.7 Å². The summed E-state index contributed by atoms with van der Waals surface area (Å²) < 4.78 is 162. The monoisotopic (exact) mass is 556 g/mol. The van der Waals surface area contributed by atoms with Crippen LogP contribution in [0.3, 0.4) is 0 Å². The fourth-order valence-corrected chi connectivity index (χ4v) is 3.77. The maximum atomic E-state index is 13.5. The first kappa shape index (κ1) is 27.1. The van der Waals surface area contributed by atoms with Crippen LogP contribution in [0.1, 0.15) is 38.4 Å². The standard InChI is InChI=1S/C23H8F12N2O/c24-20(25,26)13-5-1-3-9-11(7-15(22(30,31)32)36-17(9)13)19(38)12-8-16(23(33,34)35)37-18-10(12)4-2-6-14(18)21(27,28)29/h1-8H. The van der Waals surface area contributed by atoms with Crippen molar-refractivity contribution in [2.45, 2.75) is 24.7 Å². The number of pyridine rings is 2. The van der Waals surface area contributed by atoms with Crippen LogP contribution < -0.4 is 0 Å². The van der Waals surface area contributed by atoms with E-state index in [0.717, 1.165) is 24.3 Å². The van der Waals surface area contributed by atoms with E-state index in [1.165, 1.54) is 0 Å². The molecule has 0 aliphatic heterocycles. The zero-order valence-corrected chi connectivity index (χ0v) is 18.0. The molecule has 0 saturated heterocycles. The molecular weight excluding hydrogens is 548 g/mol. The molecule has 3 nitrogen and oxygen atoms in total. The molecule has 2 heterocycles. The normalized spacial score (nSPS) is 13.4. The van der Waals surface area contributed by atoms with E-state index in [1.807, 2.05) is 0 Å². The number of halogens is 12. The van der Waals surface area contributed by atoms with E-state index in [2.05, 4.69) is 9.97 Å². The van der Waals surface area contributed by atoms with E-state index in [9.17, 15) is 57.5 Å². The van der Waals surface area contributed by atoms with Crippen molar-refractivity contribution in [1.82, 2.24) is 9.97 Å². The maximum Gasteiger partial charge on any atom is 0.433 e. The fourth-order valence-electron chi connectivity index (χ4n) is 3.77. The summed E-state index contributed by atoms with van der Waals surface area (Å²) in [6.07, 6.45) is -21.3. The van der Waals surface area contributed by atoms with Crippen LogP contribution in [0.25, 0.3) is 21.8 Å². The van der Waals surface area contributed by atoms with E-state index in [1.54, 1.807) is 0 Å². The van der Waals surface area contributed by atoms with E-state index >= 15 is 0 Å². The van der Waals surface area contributed by atoms with Crippen molar-refractivity contribution in [3.05, 3.63) is 82.2 Å². The first-order chi connectivity index (χ1) is 17.3. The van der Waals surface area contributed by atoms with Crippen LogP contribution in [0.2, 0.25) is 0 Å². The Labute approximate surface area is 202 Å². The highest BCUT2D eigenvalue weighted by molar-refractivity contribution is 6.21. The number of alkyl halides is 12. The Hall–Kier alpha value is -3.91. The van der Waals surface area contributed by atoms with Crippen LogP contribution in [0.15, 0.2) is 48.5 Å². The number of benzene rings is 2. The van der Waals surface area contributed by atoms with Gasteiger partial charge in [-0.2, -0.15) is 52.7 Å². The summed E-state index contributed by atoms with van der Waals surface area (Å²) in [4.78, 5) is 19.4. The molecule has 0 unspecified atom stereocenters. The van der Waals surface area contributed by atoms with Crippen molar-refractivity contribution in [3.63, 3.8) is 0 Å². The second kappa shape index (κ2) is 8.56. The molecular formula is C23H8F12N2O. The Balaban J connectivity index is 2.13. The lowest BCUT2D eigenvalue weighted by atomic mass is 9.93. The minimum atomic E-state index is -5.40. The summed E-state index contributed by atoms with van der Waals surface area (Å²) in [5.41, 5.74) is -12.3. The molecule has 0 fully saturated rings. The van der Waals surface area contributed by atoms with Gasteiger partial charge in [0.25, 0.3) is 0 Å². The molecule has 0 atom stereocenters. The summed E-state index contributed by atoms with van der Waals surface area (Å²) in [6.45, 7) is 0. The molecule has 2 aromatic heterocycles. The lowest BCUT2D eigenvalue weighted by Crippen LogP contribution is -2.17. The van der Waals surface area contributed by atoms with E-state index in [4.69, 9.17) is 0 Å². The number of ketones is 1. The van der Waals surface area contributed by atoms with Crippen LogP contribution in [0.5, 0.6) is 0 Å². The molecule has 0 aliphatic rings. The predicted molar refractivity (Wildman–Crippen MR) is 107 cm³/mol. The third-order valence-electron chi connectivity index (χ3n) is 5.36. The van der Waals surface area contributed by atoms with Crippen LogP contribution in [-0.2, 0) is 24.7 Å². The molecule has 15 heteroatoms. The first-order valence-electron chi connectivity index (χ1n) is 10.0. The Kier molecular flexibility index (Phi) is 6.11. The fraction of sp³-hybridized carbons (Fsp3) is 0.174. The van der Waals surface area contributed by atoms with Crippen molar-refractivity contribution < 1.29 is 57.5 Å². The Morgan fingerprint density at radius 1 is 0.526 bits per heavy atom. The van der Waals surface area contributed by atoms with Crippen LogP contribution in [0, 0.1) is 0 Å². The second-order valence-electron chi connectivity index (χ2n) is 7.83. The SMILES string of the molecule is O=C(c1cc(C(F)(F)F)nc2c(C(F)(F)F)cccc12)c1cc(C(F)(F)F)nc2c(C(F)(F)F)cccc12. The average molecular weight is 556 g/mol. The third-order valence-corrected chi connectivity index (χ3v) is 5.36. The molecule has 0 spiro atoms. The minimum Gasteiger partial charge on any atom is -0.289 e. The minimum absolute atomic E-state index is 0.0257. The first-order valence-corrected chi connectivity index (χ1v) is 10.0. The summed E-state index contributed by atoms with van der Waals surface area (Å²) in [7, 11) is 0. The number of hydrogen-bond acceptors (Lipinski definition) is 3. The lowest BCUT2D eigenvalue weighted by Gasteiger charge is -2.17. The highest BCUT2D eigenvalue weighted by Crippen LogP contribution is 2.41. The molecule has 0 bridgehead atoms. The largest absolute Gasteiger partial charge is 0.433 e. The van der Waals surface area contributed by atoms with Gasteiger partial charge in [0.2, 0.25) is 0 Å². The number of rotatable bonds is 2. The molecule has 0 radical (unpaired) electrons. The predicted octanol–water partition coefficient (Wildman–Crippen LogP) is 8.09. The number of para-hydroxylation sites is 2. The van der Waals surface area contributed by atoms with Gasteiger partial charge in [0.1, 0.15) is 11.4 Å². The lowest BCUT2D eigenvalue weighted by molar-refractivity contribution is -0.142. The molecule has 4 rings (SSSR count). The number of carbonyl (C=O) groups excluding carboxylic acids is 1. The molecule has 0 amide bonds. The summed E-state index contributed by atoms with van der Waals surface area (Å²) in [5, 5.41) is -1.63. The number of carbonyl (C=O) groups is 1. The van der Waals surface area contributed by atoms with Gasteiger partial charge in [0.15, 0.2) is 5.78 Å². The third kappa shape index (κ3) is 4.84. The Bertz CT molecular complexity index is 1460. The maximum absolute atomic E-state index is 13.5. The van der Waals surface area contributed by atoms with E-state index in [0.29, 0.717) is 12.1 Å². The number of aromatic nitrogens is 2. The van der Waals surface area contributed by atoms with Crippen molar-refractivity contribution in [2.24, 2.45) is 0 Å². The van der Waals surface area contributed by atoms with Crippen molar-refractivity contribution in [1.29, 1.82) is 0 Å². The van der Waals surface area contributed by atoms with Gasteiger partial charge in [0.05, 0.1) is 22.2 Å². The summed E-state index contributed by atoms with van der Waals surface area (Å²) in [5.74, 6) is -1.71. The smallest absolute Gasteiger partial charge is 0.289 e. The number of nitrogens with zero attached hydrogens (tertiary/aromatic N) is 2. The molecule has 0 aliphatic carbocycles. The number of fused-ring (bicyclic) bond motifs is 2. The van der Waals surface area contributed by atoms with Crippen LogP contribution in [-0.4, -0.2) is 15.8 Å². The van der Waals surface area contributed by atoms with Gasteiger partial charge in [-0.05, 0) is 24.3 Å². The van der Waals surface area contributed by atoms with Gasteiger partial charge in [-0.1, -0.05) is 24.3 Å². The van der Waals surface area contributed by atoms with E-state index < -0.39 is 85.9 Å². The van der Waals surface area contributed by atoms with Gasteiger partial charge in [-0.3, -0.25) is 4.79 Å². The Morgan fingerprint density at radius 3 is 1.16 bits per heavy atom. The molecule has 38 heavy (non-hydrogen) atoms. The molecule has 4 aromatic rings. The van der Waals surface area contributed by atoms with Crippen molar-refractivity contribution >= 4 is 27.6 Å². The Morgan fingerprint density at radius 2 is 0.868 bits per heavy atom. The second-order valence-corrected chi connectivity index (χ2v) is 7.83. The zero-order valence-electron chi connectivity index (χ0n) is 18.0. The zero-order chi connectivity index (χ0) is 28.4. The molecule has 0 saturated carbocycles.